The second kappa shape index (κ2) is 8.48. The fourth-order valence-corrected chi connectivity index (χ4v) is 3.00. The highest BCUT2D eigenvalue weighted by molar-refractivity contribution is 6.37. The summed E-state index contributed by atoms with van der Waals surface area (Å²) in [5.74, 6) is -0.488. The standard InChI is InChI=1S/C17H19N5O3.C2H6/c1-20-16(19)17(25)21-7-9-2-3-10-4-5-22(8-11(10)6-9)13-12(18)14(23)15(13)24;1-2/h2-3,6H,4-5,7-8,18H2,1H3,(H2,19,20)(H,21,25);1-2H3. The first-order valence-corrected chi connectivity index (χ1v) is 8.87. The van der Waals surface area contributed by atoms with E-state index in [2.05, 4.69) is 10.3 Å². The average Bonchev–Trinajstić information content (AvgIpc) is 2.72. The molecule has 0 radical (unpaired) electrons. The number of nitrogens with two attached hydrogens (primary N) is 2. The van der Waals surface area contributed by atoms with Crippen LogP contribution in [0.3, 0.4) is 0 Å². The predicted molar refractivity (Wildman–Crippen MR) is 108 cm³/mol. The first kappa shape index (κ1) is 20.2. The summed E-state index contributed by atoms with van der Waals surface area (Å²) in [6.07, 6.45) is 0.760. The Hall–Kier alpha value is -3.16. The van der Waals surface area contributed by atoms with Gasteiger partial charge in [0.15, 0.2) is 5.84 Å². The molecule has 0 saturated heterocycles. The van der Waals surface area contributed by atoms with Gasteiger partial charge in [0.25, 0.3) is 16.8 Å². The van der Waals surface area contributed by atoms with E-state index >= 15 is 0 Å². The van der Waals surface area contributed by atoms with Crippen molar-refractivity contribution in [2.24, 2.45) is 10.7 Å². The van der Waals surface area contributed by atoms with Crippen LogP contribution >= 0.6 is 0 Å². The molecule has 3 rings (SSSR count). The Morgan fingerprint density at radius 1 is 1.22 bits per heavy atom. The molecule has 2 aromatic rings. The van der Waals surface area contributed by atoms with E-state index in [1.165, 1.54) is 12.6 Å². The van der Waals surface area contributed by atoms with E-state index in [1.54, 1.807) is 0 Å². The van der Waals surface area contributed by atoms with Crippen molar-refractivity contribution >= 4 is 23.1 Å². The Balaban J connectivity index is 0.00000126. The minimum absolute atomic E-state index is 0.0474. The van der Waals surface area contributed by atoms with Gasteiger partial charge >= 0.3 is 0 Å². The number of anilines is 2. The van der Waals surface area contributed by atoms with Crippen molar-refractivity contribution in [3.63, 3.8) is 0 Å². The molecule has 0 saturated carbocycles. The third kappa shape index (κ3) is 3.99. The summed E-state index contributed by atoms with van der Waals surface area (Å²) >= 11 is 0. The molecular formula is C19H25N5O3. The van der Waals surface area contributed by atoms with E-state index in [-0.39, 0.29) is 11.5 Å². The lowest BCUT2D eigenvalue weighted by Crippen LogP contribution is -2.44. The SMILES string of the molecule is CC.CN=C(N)C(=O)NCc1ccc2c(c1)CN(c1c(N)c(=O)c1=O)CC2. The largest absolute Gasteiger partial charge is 0.394 e. The maximum absolute atomic E-state index is 11.7. The fraction of sp³-hybridized carbons (Fsp3) is 0.368. The third-order valence-electron chi connectivity index (χ3n) is 4.45. The maximum Gasteiger partial charge on any atom is 0.286 e. The molecule has 0 spiro atoms. The normalized spacial score (nSPS) is 13.6. The van der Waals surface area contributed by atoms with Crippen LogP contribution in [0.5, 0.6) is 0 Å². The number of nitrogens with one attached hydrogen (secondary N) is 1. The Morgan fingerprint density at radius 3 is 2.56 bits per heavy atom. The molecule has 1 heterocycles. The number of amides is 1. The molecule has 5 N–H and O–H groups in total. The lowest BCUT2D eigenvalue weighted by molar-refractivity contribution is -0.115. The van der Waals surface area contributed by atoms with Gasteiger partial charge in [0.2, 0.25) is 0 Å². The van der Waals surface area contributed by atoms with Crippen molar-refractivity contribution < 1.29 is 4.79 Å². The number of aliphatic imine (C=N–C) groups is 1. The molecule has 0 bridgehead atoms. The second-order valence-electron chi connectivity index (χ2n) is 5.99. The Kier molecular flexibility index (Phi) is 6.33. The quantitative estimate of drug-likeness (QED) is 0.397. The molecule has 0 atom stereocenters. The van der Waals surface area contributed by atoms with Crippen LogP contribution in [0, 0.1) is 0 Å². The monoisotopic (exact) mass is 371 g/mol. The van der Waals surface area contributed by atoms with E-state index in [4.69, 9.17) is 11.5 Å². The highest BCUT2D eigenvalue weighted by Crippen LogP contribution is 2.26. The van der Waals surface area contributed by atoms with Gasteiger partial charge in [-0.3, -0.25) is 19.4 Å². The zero-order valence-electron chi connectivity index (χ0n) is 15.8. The van der Waals surface area contributed by atoms with Gasteiger partial charge in [0, 0.05) is 26.7 Å². The molecule has 0 unspecified atom stereocenters. The Morgan fingerprint density at radius 2 is 1.93 bits per heavy atom. The summed E-state index contributed by atoms with van der Waals surface area (Å²) in [7, 11) is 1.45. The predicted octanol–water partition coefficient (Wildman–Crippen LogP) is 0.0569. The number of amidine groups is 1. The van der Waals surface area contributed by atoms with Gasteiger partial charge in [-0.05, 0) is 23.1 Å². The van der Waals surface area contributed by atoms with Crippen molar-refractivity contribution in [1.29, 1.82) is 0 Å². The van der Waals surface area contributed by atoms with Crippen LogP contribution in [0.4, 0.5) is 11.4 Å². The van der Waals surface area contributed by atoms with Crippen LogP contribution in [0.2, 0.25) is 0 Å². The lowest BCUT2D eigenvalue weighted by Gasteiger charge is -2.32. The number of nitrogens with zero attached hydrogens (tertiary/aromatic N) is 2. The van der Waals surface area contributed by atoms with E-state index in [0.717, 1.165) is 17.5 Å². The summed E-state index contributed by atoms with van der Waals surface area (Å²) < 4.78 is 0. The second-order valence-corrected chi connectivity index (χ2v) is 5.99. The topological polar surface area (TPSA) is 131 Å². The number of hydrogen-bond acceptors (Lipinski definition) is 6. The van der Waals surface area contributed by atoms with Crippen molar-refractivity contribution in [2.75, 3.05) is 24.2 Å². The van der Waals surface area contributed by atoms with E-state index in [1.807, 2.05) is 36.9 Å². The number of nitrogen functional groups attached to an aromatic ring is 1. The molecule has 2 aromatic carbocycles. The molecule has 1 aliphatic heterocycles. The maximum atomic E-state index is 11.7. The molecule has 0 aromatic heterocycles. The van der Waals surface area contributed by atoms with Gasteiger partial charge in [-0.15, -0.1) is 0 Å². The molecule has 8 heteroatoms. The number of carbonyl (C=O) groups is 1. The van der Waals surface area contributed by atoms with Gasteiger partial charge < -0.3 is 21.7 Å². The van der Waals surface area contributed by atoms with Gasteiger partial charge in [-0.1, -0.05) is 32.0 Å². The van der Waals surface area contributed by atoms with Crippen LogP contribution < -0.4 is 32.5 Å². The molecule has 27 heavy (non-hydrogen) atoms. The number of fused-ring (bicyclic) bond motifs is 1. The van der Waals surface area contributed by atoms with Crippen LogP contribution in [-0.4, -0.2) is 25.3 Å². The zero-order chi connectivity index (χ0) is 20.1. The van der Waals surface area contributed by atoms with E-state index in [0.29, 0.717) is 25.3 Å². The Labute approximate surface area is 157 Å². The summed E-state index contributed by atoms with van der Waals surface area (Å²) in [6.45, 7) is 5.47. The summed E-state index contributed by atoms with van der Waals surface area (Å²) in [5.41, 5.74) is 13.5. The number of hydrogen-bond donors (Lipinski definition) is 3. The van der Waals surface area contributed by atoms with Crippen LogP contribution in [0.1, 0.15) is 30.5 Å². The highest BCUT2D eigenvalue weighted by atomic mass is 16.2. The lowest BCUT2D eigenvalue weighted by atomic mass is 9.96. The molecule has 1 aliphatic rings. The van der Waals surface area contributed by atoms with Crippen molar-refractivity contribution in [3.8, 4) is 0 Å². The van der Waals surface area contributed by atoms with E-state index in [9.17, 15) is 14.4 Å². The average molecular weight is 371 g/mol. The van der Waals surface area contributed by atoms with Gasteiger partial charge in [-0.2, -0.15) is 0 Å². The minimum Gasteiger partial charge on any atom is -0.394 e. The molecule has 0 fully saturated rings. The first-order chi connectivity index (χ1) is 12.9. The van der Waals surface area contributed by atoms with Gasteiger partial charge in [-0.25, -0.2) is 0 Å². The first-order valence-electron chi connectivity index (χ1n) is 8.87. The number of benzene rings is 1. The Bertz CT molecular complexity index is 941. The highest BCUT2D eigenvalue weighted by Gasteiger charge is 2.26. The van der Waals surface area contributed by atoms with Crippen molar-refractivity contribution in [1.82, 2.24) is 5.32 Å². The molecule has 0 aliphatic carbocycles. The fourth-order valence-electron chi connectivity index (χ4n) is 3.00. The summed E-state index contributed by atoms with van der Waals surface area (Å²) in [4.78, 5) is 40.2. The smallest absolute Gasteiger partial charge is 0.286 e. The van der Waals surface area contributed by atoms with Crippen LogP contribution in [-0.2, 0) is 24.3 Å². The summed E-state index contributed by atoms with van der Waals surface area (Å²) in [5, 5.41) is 2.70. The van der Waals surface area contributed by atoms with Crippen LogP contribution in [0.15, 0.2) is 32.8 Å². The summed E-state index contributed by atoms with van der Waals surface area (Å²) in [6, 6.07) is 5.93. The number of carbonyl (C=O) groups excluding carboxylic acids is 1. The van der Waals surface area contributed by atoms with Crippen LogP contribution in [0.25, 0.3) is 0 Å². The van der Waals surface area contributed by atoms with E-state index < -0.39 is 16.8 Å². The minimum atomic E-state index is -0.604. The third-order valence-corrected chi connectivity index (χ3v) is 4.45. The molecular weight excluding hydrogens is 346 g/mol. The zero-order valence-corrected chi connectivity index (χ0v) is 15.8. The molecule has 144 valence electrons. The molecule has 1 amide bonds. The van der Waals surface area contributed by atoms with Crippen molar-refractivity contribution in [3.05, 3.63) is 55.3 Å². The van der Waals surface area contributed by atoms with Crippen molar-refractivity contribution in [2.45, 2.75) is 33.4 Å². The number of rotatable bonds is 3. The molecule has 8 nitrogen and oxygen atoms in total. The van der Waals surface area contributed by atoms with Gasteiger partial charge in [0.05, 0.1) is 0 Å². The van der Waals surface area contributed by atoms with Gasteiger partial charge in [0.1, 0.15) is 11.4 Å².